The van der Waals surface area contributed by atoms with Crippen LogP contribution in [0.2, 0.25) is 0 Å². The highest BCUT2D eigenvalue weighted by molar-refractivity contribution is 5.31. The molecule has 1 atom stereocenters. The van der Waals surface area contributed by atoms with Gasteiger partial charge in [0.05, 0.1) is 0 Å². The second kappa shape index (κ2) is 3.59. The molecule has 1 aliphatic heterocycles. The van der Waals surface area contributed by atoms with Crippen LogP contribution in [-0.4, -0.2) is 25.3 Å². The molecule has 0 radical (unpaired) electrons. The molecule has 0 spiro atoms. The van der Waals surface area contributed by atoms with Crippen LogP contribution in [0.25, 0.3) is 0 Å². The van der Waals surface area contributed by atoms with Crippen molar-refractivity contribution in [1.29, 1.82) is 0 Å². The maximum absolute atomic E-state index is 9.20. The number of nitrogens with one attached hydrogen (secondary N) is 1. The number of methoxy groups -OCH3 is 1. The quantitative estimate of drug-likeness (QED) is 0.742. The largest absolute Gasteiger partial charge is 0.508 e. The lowest BCUT2D eigenvalue weighted by Crippen LogP contribution is -2.30. The molecular formula is C11H15NO2. The van der Waals surface area contributed by atoms with Gasteiger partial charge in [-0.15, -0.1) is 0 Å². The van der Waals surface area contributed by atoms with Crippen molar-refractivity contribution in [2.45, 2.75) is 12.0 Å². The van der Waals surface area contributed by atoms with Gasteiger partial charge in [-0.1, -0.05) is 12.1 Å². The van der Waals surface area contributed by atoms with Crippen molar-refractivity contribution in [3.05, 3.63) is 29.8 Å². The number of aromatic hydroxyl groups is 1. The molecule has 3 heteroatoms. The third kappa shape index (κ3) is 1.49. The Kier molecular flexibility index (Phi) is 2.44. The van der Waals surface area contributed by atoms with Crippen molar-refractivity contribution in [1.82, 2.24) is 5.32 Å². The molecule has 0 aliphatic carbocycles. The van der Waals surface area contributed by atoms with Crippen LogP contribution in [-0.2, 0) is 10.3 Å². The molecule has 1 fully saturated rings. The van der Waals surface area contributed by atoms with Crippen LogP contribution in [0.3, 0.4) is 0 Å². The molecule has 1 aromatic carbocycles. The highest BCUT2D eigenvalue weighted by atomic mass is 16.5. The maximum Gasteiger partial charge on any atom is 0.115 e. The molecule has 14 heavy (non-hydrogen) atoms. The zero-order chi connectivity index (χ0) is 10.0. The minimum absolute atomic E-state index is 0.201. The summed E-state index contributed by atoms with van der Waals surface area (Å²) in [4.78, 5) is 0. The van der Waals surface area contributed by atoms with E-state index < -0.39 is 0 Å². The number of rotatable bonds is 2. The van der Waals surface area contributed by atoms with Gasteiger partial charge in [0, 0.05) is 13.7 Å². The van der Waals surface area contributed by atoms with Crippen LogP contribution in [0, 0.1) is 0 Å². The maximum atomic E-state index is 9.20. The Morgan fingerprint density at radius 2 is 2.07 bits per heavy atom. The summed E-state index contributed by atoms with van der Waals surface area (Å²) >= 11 is 0. The standard InChI is InChI=1S/C11H15NO2/c1-14-11(6-7-12-8-11)9-2-4-10(13)5-3-9/h2-5,12-13H,6-8H2,1H3. The van der Waals surface area contributed by atoms with Crippen molar-refractivity contribution < 1.29 is 9.84 Å². The van der Waals surface area contributed by atoms with E-state index in [2.05, 4.69) is 5.32 Å². The first-order valence-electron chi connectivity index (χ1n) is 4.82. The van der Waals surface area contributed by atoms with Gasteiger partial charge in [-0.2, -0.15) is 0 Å². The first kappa shape index (κ1) is 9.49. The molecule has 0 saturated carbocycles. The van der Waals surface area contributed by atoms with Gasteiger partial charge in [-0.25, -0.2) is 0 Å². The molecule has 1 aromatic rings. The fourth-order valence-corrected chi connectivity index (χ4v) is 1.97. The molecule has 0 bridgehead atoms. The van der Waals surface area contributed by atoms with Gasteiger partial charge in [-0.3, -0.25) is 0 Å². The Balaban J connectivity index is 2.31. The third-order valence-electron chi connectivity index (χ3n) is 2.90. The lowest BCUT2D eigenvalue weighted by molar-refractivity contribution is 0.00323. The number of benzene rings is 1. The zero-order valence-corrected chi connectivity index (χ0v) is 8.29. The van der Waals surface area contributed by atoms with E-state index in [1.807, 2.05) is 12.1 Å². The van der Waals surface area contributed by atoms with Crippen molar-refractivity contribution in [2.75, 3.05) is 20.2 Å². The molecule has 1 unspecified atom stereocenters. The minimum atomic E-state index is -0.201. The van der Waals surface area contributed by atoms with Gasteiger partial charge < -0.3 is 15.2 Å². The van der Waals surface area contributed by atoms with Crippen LogP contribution < -0.4 is 5.32 Å². The number of ether oxygens (including phenoxy) is 1. The summed E-state index contributed by atoms with van der Waals surface area (Å²) in [5.41, 5.74) is 0.927. The fourth-order valence-electron chi connectivity index (χ4n) is 1.97. The van der Waals surface area contributed by atoms with Gasteiger partial charge >= 0.3 is 0 Å². The molecule has 76 valence electrons. The van der Waals surface area contributed by atoms with E-state index in [0.717, 1.165) is 25.1 Å². The number of phenolic OH excluding ortho intramolecular Hbond substituents is 1. The summed E-state index contributed by atoms with van der Waals surface area (Å²) < 4.78 is 5.58. The first-order valence-corrected chi connectivity index (χ1v) is 4.82. The van der Waals surface area contributed by atoms with Crippen molar-refractivity contribution in [3.8, 4) is 5.75 Å². The average molecular weight is 193 g/mol. The molecule has 2 rings (SSSR count). The smallest absolute Gasteiger partial charge is 0.115 e. The lowest BCUT2D eigenvalue weighted by Gasteiger charge is -2.27. The highest BCUT2D eigenvalue weighted by Crippen LogP contribution is 2.32. The second-order valence-corrected chi connectivity index (χ2v) is 3.67. The SMILES string of the molecule is COC1(c2ccc(O)cc2)CCNC1. The molecule has 1 heterocycles. The summed E-state index contributed by atoms with van der Waals surface area (Å²) in [5, 5.41) is 12.5. The highest BCUT2D eigenvalue weighted by Gasteiger charge is 2.35. The Morgan fingerprint density at radius 1 is 1.36 bits per heavy atom. The third-order valence-corrected chi connectivity index (χ3v) is 2.90. The molecule has 3 nitrogen and oxygen atoms in total. The van der Waals surface area contributed by atoms with Gasteiger partial charge in [0.15, 0.2) is 0 Å². The number of phenols is 1. The molecule has 0 amide bonds. The molecule has 0 aromatic heterocycles. The number of hydrogen-bond donors (Lipinski definition) is 2. The topological polar surface area (TPSA) is 41.5 Å². The predicted molar refractivity (Wildman–Crippen MR) is 54.3 cm³/mol. The lowest BCUT2D eigenvalue weighted by atomic mass is 9.93. The predicted octanol–water partition coefficient (Wildman–Crippen LogP) is 1.23. The summed E-state index contributed by atoms with van der Waals surface area (Å²) in [6, 6.07) is 7.25. The van der Waals surface area contributed by atoms with Crippen LogP contribution >= 0.6 is 0 Å². The van der Waals surface area contributed by atoms with E-state index >= 15 is 0 Å². The van der Waals surface area contributed by atoms with Crippen LogP contribution in [0.5, 0.6) is 5.75 Å². The average Bonchev–Trinajstić information content (AvgIpc) is 2.68. The minimum Gasteiger partial charge on any atom is -0.508 e. The molecule has 2 N–H and O–H groups in total. The van der Waals surface area contributed by atoms with Gasteiger partial charge in [0.1, 0.15) is 11.4 Å². The number of hydrogen-bond acceptors (Lipinski definition) is 3. The first-order chi connectivity index (χ1) is 6.77. The van der Waals surface area contributed by atoms with Crippen LogP contribution in [0.1, 0.15) is 12.0 Å². The van der Waals surface area contributed by atoms with E-state index in [1.54, 1.807) is 19.2 Å². The monoisotopic (exact) mass is 193 g/mol. The zero-order valence-electron chi connectivity index (χ0n) is 8.29. The molecular weight excluding hydrogens is 178 g/mol. The summed E-state index contributed by atoms with van der Waals surface area (Å²) in [5.74, 6) is 0.297. The van der Waals surface area contributed by atoms with Crippen molar-refractivity contribution in [2.24, 2.45) is 0 Å². The Hall–Kier alpha value is -1.06. The Labute approximate surface area is 83.7 Å². The van der Waals surface area contributed by atoms with E-state index in [4.69, 9.17) is 4.74 Å². The van der Waals surface area contributed by atoms with Gasteiger partial charge in [0.25, 0.3) is 0 Å². The van der Waals surface area contributed by atoms with Crippen LogP contribution in [0.15, 0.2) is 24.3 Å². The Morgan fingerprint density at radius 3 is 2.57 bits per heavy atom. The normalized spacial score (nSPS) is 26.6. The van der Waals surface area contributed by atoms with Crippen LogP contribution in [0.4, 0.5) is 0 Å². The molecule has 1 saturated heterocycles. The Bertz CT molecular complexity index is 302. The van der Waals surface area contributed by atoms with E-state index in [9.17, 15) is 5.11 Å². The fraction of sp³-hybridized carbons (Fsp3) is 0.455. The van der Waals surface area contributed by atoms with Crippen molar-refractivity contribution >= 4 is 0 Å². The summed E-state index contributed by atoms with van der Waals surface area (Å²) in [6.07, 6.45) is 0.980. The van der Waals surface area contributed by atoms with Crippen molar-refractivity contribution in [3.63, 3.8) is 0 Å². The van der Waals surface area contributed by atoms with E-state index in [-0.39, 0.29) is 5.60 Å². The molecule has 1 aliphatic rings. The summed E-state index contributed by atoms with van der Waals surface area (Å²) in [7, 11) is 1.74. The second-order valence-electron chi connectivity index (χ2n) is 3.67. The van der Waals surface area contributed by atoms with E-state index in [0.29, 0.717) is 5.75 Å². The van der Waals surface area contributed by atoms with Gasteiger partial charge in [0.2, 0.25) is 0 Å². The van der Waals surface area contributed by atoms with Gasteiger partial charge in [-0.05, 0) is 30.7 Å². The van der Waals surface area contributed by atoms with E-state index in [1.165, 1.54) is 0 Å². The summed E-state index contributed by atoms with van der Waals surface area (Å²) in [6.45, 7) is 1.82.